The molecule has 0 saturated carbocycles. The minimum Gasteiger partial charge on any atom is -0.461 e. The molecule has 1 aromatic heterocycles. The Kier molecular flexibility index (Phi) is 3.44. The van der Waals surface area contributed by atoms with Crippen molar-refractivity contribution in [1.82, 2.24) is 4.98 Å². The van der Waals surface area contributed by atoms with Crippen LogP contribution in [0.2, 0.25) is 19.6 Å². The molecule has 14 heavy (non-hydrogen) atoms. The summed E-state index contributed by atoms with van der Waals surface area (Å²) in [6, 6.07) is 0. The average Bonchev–Trinajstić information content (AvgIpc) is 2.50. The number of aromatic nitrogens is 1. The van der Waals surface area contributed by atoms with Gasteiger partial charge in [-0.25, -0.2) is 9.78 Å². The Hall–Kier alpha value is -0.683. The Labute approximate surface area is 89.1 Å². The van der Waals surface area contributed by atoms with Crippen molar-refractivity contribution < 1.29 is 9.53 Å². The van der Waals surface area contributed by atoms with Crippen LogP contribution in [-0.4, -0.2) is 25.6 Å². The lowest BCUT2D eigenvalue weighted by molar-refractivity contribution is 0.0522. The molecule has 0 aromatic carbocycles. The molecular formula is C9H15NO2SSi. The highest BCUT2D eigenvalue weighted by molar-refractivity contribution is 7.25. The molecule has 1 rings (SSSR count). The van der Waals surface area contributed by atoms with E-state index in [9.17, 15) is 4.79 Å². The van der Waals surface area contributed by atoms with Crippen molar-refractivity contribution in [3.05, 3.63) is 11.2 Å². The van der Waals surface area contributed by atoms with Crippen LogP contribution in [0.25, 0.3) is 0 Å². The Morgan fingerprint density at radius 3 is 2.71 bits per heavy atom. The molecule has 0 saturated heterocycles. The Morgan fingerprint density at radius 1 is 1.57 bits per heavy atom. The zero-order valence-corrected chi connectivity index (χ0v) is 10.8. The molecule has 0 amide bonds. The van der Waals surface area contributed by atoms with Crippen LogP contribution in [0.3, 0.4) is 0 Å². The maximum atomic E-state index is 11.5. The van der Waals surface area contributed by atoms with Crippen LogP contribution in [0.15, 0.2) is 5.51 Å². The van der Waals surface area contributed by atoms with Gasteiger partial charge in [0.05, 0.1) is 20.2 Å². The molecule has 0 N–H and O–H groups in total. The van der Waals surface area contributed by atoms with Gasteiger partial charge in [0.1, 0.15) is 0 Å². The van der Waals surface area contributed by atoms with Gasteiger partial charge in [0.15, 0.2) is 5.69 Å². The fourth-order valence-corrected chi connectivity index (χ4v) is 4.08. The molecule has 0 spiro atoms. The standard InChI is InChI=1S/C9H15NO2SSi/c1-5-12-8(11)7-9(13-6-10-7)14(2,3)4/h6H,5H2,1-4H3. The van der Waals surface area contributed by atoms with Crippen LogP contribution < -0.4 is 4.50 Å². The molecule has 0 aliphatic rings. The van der Waals surface area contributed by atoms with E-state index in [0.717, 1.165) is 4.50 Å². The van der Waals surface area contributed by atoms with Gasteiger partial charge in [-0.05, 0) is 6.92 Å². The molecule has 78 valence electrons. The number of carbonyl (C=O) groups is 1. The minimum absolute atomic E-state index is 0.286. The summed E-state index contributed by atoms with van der Waals surface area (Å²) in [6.45, 7) is 8.80. The van der Waals surface area contributed by atoms with E-state index in [1.54, 1.807) is 23.8 Å². The van der Waals surface area contributed by atoms with Gasteiger partial charge in [-0.1, -0.05) is 19.6 Å². The lowest BCUT2D eigenvalue weighted by Crippen LogP contribution is -2.39. The highest BCUT2D eigenvalue weighted by Gasteiger charge is 2.26. The fourth-order valence-electron chi connectivity index (χ4n) is 1.12. The normalized spacial score (nSPS) is 11.4. The van der Waals surface area contributed by atoms with Crippen LogP contribution in [0.5, 0.6) is 0 Å². The molecule has 1 aromatic rings. The van der Waals surface area contributed by atoms with E-state index in [2.05, 4.69) is 24.6 Å². The molecule has 0 aliphatic carbocycles. The van der Waals surface area contributed by atoms with Crippen molar-refractivity contribution >= 4 is 29.9 Å². The first-order valence-electron chi connectivity index (χ1n) is 4.58. The molecule has 0 unspecified atom stereocenters. The number of hydrogen-bond donors (Lipinski definition) is 0. The molecule has 0 bridgehead atoms. The van der Waals surface area contributed by atoms with Gasteiger partial charge in [0, 0.05) is 4.50 Å². The second-order valence-electron chi connectivity index (χ2n) is 4.00. The van der Waals surface area contributed by atoms with Crippen molar-refractivity contribution in [2.24, 2.45) is 0 Å². The first-order chi connectivity index (χ1) is 6.46. The molecular weight excluding hydrogens is 214 g/mol. The molecule has 0 fully saturated rings. The first-order valence-corrected chi connectivity index (χ1v) is 8.96. The predicted molar refractivity (Wildman–Crippen MR) is 61.1 cm³/mol. The third-order valence-corrected chi connectivity index (χ3v) is 6.15. The molecule has 1 heterocycles. The van der Waals surface area contributed by atoms with Crippen LogP contribution in [0.4, 0.5) is 0 Å². The number of esters is 1. The van der Waals surface area contributed by atoms with E-state index in [1.807, 2.05) is 0 Å². The summed E-state index contributed by atoms with van der Waals surface area (Å²) in [4.78, 5) is 15.6. The van der Waals surface area contributed by atoms with E-state index in [4.69, 9.17) is 4.74 Å². The number of rotatable bonds is 3. The second kappa shape index (κ2) is 4.23. The van der Waals surface area contributed by atoms with Crippen LogP contribution in [-0.2, 0) is 4.74 Å². The molecule has 5 heteroatoms. The van der Waals surface area contributed by atoms with Gasteiger partial charge in [0.25, 0.3) is 0 Å². The third-order valence-electron chi connectivity index (χ3n) is 1.72. The van der Waals surface area contributed by atoms with Crippen molar-refractivity contribution in [3.63, 3.8) is 0 Å². The van der Waals surface area contributed by atoms with Crippen LogP contribution in [0, 0.1) is 0 Å². The zero-order valence-electron chi connectivity index (χ0n) is 8.96. The first kappa shape index (κ1) is 11.4. The van der Waals surface area contributed by atoms with E-state index in [0.29, 0.717) is 12.3 Å². The summed E-state index contributed by atoms with van der Waals surface area (Å²) in [5.74, 6) is -0.286. The SMILES string of the molecule is CCOC(=O)c1ncsc1[Si](C)(C)C. The van der Waals surface area contributed by atoms with Crippen LogP contribution in [0.1, 0.15) is 17.4 Å². The van der Waals surface area contributed by atoms with E-state index in [1.165, 1.54) is 0 Å². The molecule has 0 atom stereocenters. The van der Waals surface area contributed by atoms with Crippen molar-refractivity contribution in [2.75, 3.05) is 6.61 Å². The zero-order chi connectivity index (χ0) is 10.8. The van der Waals surface area contributed by atoms with E-state index >= 15 is 0 Å². The highest BCUT2D eigenvalue weighted by atomic mass is 32.1. The quantitative estimate of drug-likeness (QED) is 0.587. The highest BCUT2D eigenvalue weighted by Crippen LogP contribution is 2.10. The van der Waals surface area contributed by atoms with Gasteiger partial charge in [-0.3, -0.25) is 0 Å². The monoisotopic (exact) mass is 229 g/mol. The largest absolute Gasteiger partial charge is 0.461 e. The Bertz CT molecular complexity index is 330. The Morgan fingerprint density at radius 2 is 2.21 bits per heavy atom. The predicted octanol–water partition coefficient (Wildman–Crippen LogP) is 1.86. The lowest BCUT2D eigenvalue weighted by Gasteiger charge is -2.14. The van der Waals surface area contributed by atoms with Gasteiger partial charge < -0.3 is 4.74 Å². The summed E-state index contributed by atoms with van der Waals surface area (Å²) in [7, 11) is -1.46. The number of carbonyl (C=O) groups excluding carboxylic acids is 1. The Balaban J connectivity index is 2.99. The number of thiazole rings is 1. The topological polar surface area (TPSA) is 39.2 Å². The van der Waals surface area contributed by atoms with E-state index in [-0.39, 0.29) is 5.97 Å². The summed E-state index contributed by atoms with van der Waals surface area (Å²) >= 11 is 1.56. The van der Waals surface area contributed by atoms with Gasteiger partial charge >= 0.3 is 5.97 Å². The number of ether oxygens (including phenoxy) is 1. The molecule has 0 radical (unpaired) electrons. The summed E-state index contributed by atoms with van der Waals surface area (Å²) < 4.78 is 6.07. The molecule has 3 nitrogen and oxygen atoms in total. The van der Waals surface area contributed by atoms with Crippen molar-refractivity contribution in [2.45, 2.75) is 26.6 Å². The van der Waals surface area contributed by atoms with E-state index < -0.39 is 8.07 Å². The van der Waals surface area contributed by atoms with Gasteiger partial charge in [-0.15, -0.1) is 11.3 Å². The van der Waals surface area contributed by atoms with Crippen molar-refractivity contribution in [3.8, 4) is 0 Å². The third kappa shape index (κ3) is 2.42. The van der Waals surface area contributed by atoms with Crippen LogP contribution >= 0.6 is 11.3 Å². The summed E-state index contributed by atoms with van der Waals surface area (Å²) in [6.07, 6.45) is 0. The average molecular weight is 229 g/mol. The lowest BCUT2D eigenvalue weighted by atomic mass is 10.5. The van der Waals surface area contributed by atoms with Crippen molar-refractivity contribution in [1.29, 1.82) is 0 Å². The maximum Gasteiger partial charge on any atom is 0.357 e. The molecule has 0 aliphatic heterocycles. The summed E-state index contributed by atoms with van der Waals surface area (Å²) in [5.41, 5.74) is 2.25. The number of nitrogens with zero attached hydrogens (tertiary/aromatic N) is 1. The number of hydrogen-bond acceptors (Lipinski definition) is 4. The van der Waals surface area contributed by atoms with Gasteiger partial charge in [0.2, 0.25) is 0 Å². The second-order valence-corrected chi connectivity index (χ2v) is 10.2. The minimum atomic E-state index is -1.46. The fraction of sp³-hybridized carbons (Fsp3) is 0.556. The summed E-state index contributed by atoms with van der Waals surface area (Å²) in [5, 5.41) is 0. The maximum absolute atomic E-state index is 11.5. The smallest absolute Gasteiger partial charge is 0.357 e. The van der Waals surface area contributed by atoms with Gasteiger partial charge in [-0.2, -0.15) is 0 Å².